The molecule has 3 aromatic rings. The lowest BCUT2D eigenvalue weighted by Crippen LogP contribution is -2.41. The SMILES string of the molecule is COc1ccc2nccc([C@H](O)CC[C@@H]3CCN(CCCc4cccc(F)c4F)C[C@H]3CCC(=O)O)c2c1. The normalized spacial score (nSPS) is 18.9. The lowest BCUT2D eigenvalue weighted by atomic mass is 9.79. The van der Waals surface area contributed by atoms with E-state index in [0.29, 0.717) is 42.9 Å². The van der Waals surface area contributed by atoms with Gasteiger partial charge in [-0.2, -0.15) is 0 Å². The number of carboxylic acids is 1. The van der Waals surface area contributed by atoms with Crippen molar-refractivity contribution in [2.24, 2.45) is 11.8 Å². The van der Waals surface area contributed by atoms with E-state index >= 15 is 0 Å². The number of fused-ring (bicyclic) bond motifs is 1. The summed E-state index contributed by atoms with van der Waals surface area (Å²) in [7, 11) is 1.61. The van der Waals surface area contributed by atoms with Crippen LogP contribution >= 0.6 is 0 Å². The molecule has 2 aromatic carbocycles. The highest BCUT2D eigenvalue weighted by atomic mass is 19.2. The molecule has 6 nitrogen and oxygen atoms in total. The van der Waals surface area contributed by atoms with Crippen LogP contribution in [0.25, 0.3) is 10.9 Å². The highest BCUT2D eigenvalue weighted by Crippen LogP contribution is 2.35. The van der Waals surface area contributed by atoms with Crippen LogP contribution in [0.2, 0.25) is 0 Å². The molecule has 38 heavy (non-hydrogen) atoms. The van der Waals surface area contributed by atoms with E-state index in [2.05, 4.69) is 9.88 Å². The van der Waals surface area contributed by atoms with Crippen LogP contribution in [0.5, 0.6) is 5.75 Å². The van der Waals surface area contributed by atoms with Crippen LogP contribution in [-0.2, 0) is 11.2 Å². The number of aliphatic hydroxyl groups is 1. The van der Waals surface area contributed by atoms with Crippen molar-refractivity contribution >= 4 is 16.9 Å². The first-order valence-electron chi connectivity index (χ1n) is 13.3. The second-order valence-corrected chi connectivity index (χ2v) is 10.2. The number of methoxy groups -OCH3 is 1. The van der Waals surface area contributed by atoms with Gasteiger partial charge in [-0.25, -0.2) is 8.78 Å². The molecule has 3 atom stereocenters. The highest BCUT2D eigenvalue weighted by molar-refractivity contribution is 5.83. The number of likely N-dealkylation sites (tertiary alicyclic amines) is 1. The van der Waals surface area contributed by atoms with Gasteiger partial charge in [0.15, 0.2) is 11.6 Å². The number of aromatic nitrogens is 1. The standard InChI is InChI=1S/C30H36F2N2O4/c1-38-23-9-10-27-25(18-23)24(13-15-33-27)28(35)11-7-20-14-17-34(19-22(20)8-12-29(36)37)16-3-5-21-4-2-6-26(31)30(21)32/h2,4,6,9-10,13,15,18,20,22,28,35H,3,5,7-8,11-12,14,16-17,19H2,1H3,(H,36,37)/t20-,22-,28-/m1/s1. The first kappa shape index (κ1) is 27.9. The van der Waals surface area contributed by atoms with Crippen LogP contribution in [0, 0.1) is 23.5 Å². The Kier molecular flexibility index (Phi) is 9.63. The van der Waals surface area contributed by atoms with E-state index in [4.69, 9.17) is 4.74 Å². The molecule has 0 radical (unpaired) electrons. The second-order valence-electron chi connectivity index (χ2n) is 10.2. The minimum Gasteiger partial charge on any atom is -0.497 e. The Bertz CT molecular complexity index is 1240. The topological polar surface area (TPSA) is 82.9 Å². The van der Waals surface area contributed by atoms with Gasteiger partial charge >= 0.3 is 5.97 Å². The van der Waals surface area contributed by atoms with Crippen LogP contribution in [0.15, 0.2) is 48.7 Å². The Balaban J connectivity index is 1.36. The second kappa shape index (κ2) is 13.1. The molecular formula is C30H36F2N2O4. The first-order valence-corrected chi connectivity index (χ1v) is 13.3. The number of piperidine rings is 1. The average molecular weight is 527 g/mol. The van der Waals surface area contributed by atoms with Crippen molar-refractivity contribution in [1.82, 2.24) is 9.88 Å². The van der Waals surface area contributed by atoms with Crippen LogP contribution in [0.1, 0.15) is 55.8 Å². The van der Waals surface area contributed by atoms with Crippen molar-refractivity contribution < 1.29 is 28.5 Å². The molecule has 0 saturated carbocycles. The summed E-state index contributed by atoms with van der Waals surface area (Å²) in [6, 6.07) is 11.7. The Morgan fingerprint density at radius 3 is 2.82 bits per heavy atom. The molecule has 1 fully saturated rings. The Hall–Kier alpha value is -3.10. The Morgan fingerprint density at radius 1 is 1.18 bits per heavy atom. The summed E-state index contributed by atoms with van der Waals surface area (Å²) in [5.41, 5.74) is 2.00. The lowest BCUT2D eigenvalue weighted by molar-refractivity contribution is -0.137. The van der Waals surface area contributed by atoms with E-state index in [1.807, 2.05) is 24.3 Å². The molecule has 204 valence electrons. The van der Waals surface area contributed by atoms with Gasteiger partial charge in [0.05, 0.1) is 18.7 Å². The number of benzene rings is 2. The van der Waals surface area contributed by atoms with E-state index < -0.39 is 23.7 Å². The number of aliphatic hydroxyl groups excluding tert-OH is 1. The molecule has 1 aliphatic heterocycles. The van der Waals surface area contributed by atoms with Crippen molar-refractivity contribution in [3.05, 3.63) is 71.4 Å². The fraction of sp³-hybridized carbons (Fsp3) is 0.467. The maximum atomic E-state index is 14.0. The molecule has 1 saturated heterocycles. The van der Waals surface area contributed by atoms with Crippen molar-refractivity contribution in [3.8, 4) is 5.75 Å². The molecule has 0 bridgehead atoms. The summed E-state index contributed by atoms with van der Waals surface area (Å²) < 4.78 is 32.8. The van der Waals surface area contributed by atoms with Gasteiger partial charge in [-0.15, -0.1) is 0 Å². The smallest absolute Gasteiger partial charge is 0.303 e. The van der Waals surface area contributed by atoms with Crippen molar-refractivity contribution in [3.63, 3.8) is 0 Å². The third-order valence-corrected chi connectivity index (χ3v) is 7.81. The zero-order valence-electron chi connectivity index (χ0n) is 21.8. The maximum absolute atomic E-state index is 14.0. The van der Waals surface area contributed by atoms with E-state index in [1.54, 1.807) is 19.4 Å². The number of ether oxygens (including phenoxy) is 1. The Morgan fingerprint density at radius 2 is 2.03 bits per heavy atom. The molecule has 2 heterocycles. The van der Waals surface area contributed by atoms with Gasteiger partial charge < -0.3 is 19.8 Å². The number of hydrogen-bond donors (Lipinski definition) is 2. The van der Waals surface area contributed by atoms with Crippen LogP contribution in [0.4, 0.5) is 8.78 Å². The summed E-state index contributed by atoms with van der Waals surface area (Å²) >= 11 is 0. The van der Waals surface area contributed by atoms with Gasteiger partial charge in [0.2, 0.25) is 0 Å². The van der Waals surface area contributed by atoms with Gasteiger partial charge in [0, 0.05) is 24.5 Å². The molecule has 0 spiro atoms. The minimum absolute atomic E-state index is 0.112. The molecule has 1 aliphatic rings. The fourth-order valence-corrected chi connectivity index (χ4v) is 5.70. The molecule has 2 N–H and O–H groups in total. The van der Waals surface area contributed by atoms with E-state index in [9.17, 15) is 23.8 Å². The average Bonchev–Trinajstić information content (AvgIpc) is 2.92. The summed E-state index contributed by atoms with van der Waals surface area (Å²) in [6.45, 7) is 2.39. The third kappa shape index (κ3) is 7.05. The summed E-state index contributed by atoms with van der Waals surface area (Å²) in [5.74, 6) is -1.18. The number of halogens is 2. The monoisotopic (exact) mass is 526 g/mol. The number of aliphatic carboxylic acids is 1. The molecule has 1 aromatic heterocycles. The van der Waals surface area contributed by atoms with E-state index in [-0.39, 0.29) is 12.3 Å². The van der Waals surface area contributed by atoms with Gasteiger partial charge in [0.1, 0.15) is 5.75 Å². The molecule has 0 amide bonds. The van der Waals surface area contributed by atoms with Gasteiger partial charge in [-0.3, -0.25) is 9.78 Å². The molecular weight excluding hydrogens is 490 g/mol. The lowest BCUT2D eigenvalue weighted by Gasteiger charge is -2.39. The number of pyridine rings is 1. The largest absolute Gasteiger partial charge is 0.497 e. The van der Waals surface area contributed by atoms with Gasteiger partial charge in [-0.1, -0.05) is 12.1 Å². The number of hydrogen-bond acceptors (Lipinski definition) is 5. The number of rotatable bonds is 12. The van der Waals surface area contributed by atoms with Crippen LogP contribution in [-0.4, -0.2) is 52.8 Å². The third-order valence-electron chi connectivity index (χ3n) is 7.81. The summed E-state index contributed by atoms with van der Waals surface area (Å²) in [6.07, 6.45) is 5.18. The van der Waals surface area contributed by atoms with Gasteiger partial charge in [0.25, 0.3) is 0 Å². The zero-order valence-corrected chi connectivity index (χ0v) is 21.8. The Labute approximate surface area is 222 Å². The predicted octanol–water partition coefficient (Wildman–Crippen LogP) is 5.77. The molecule has 0 aliphatic carbocycles. The van der Waals surface area contributed by atoms with E-state index in [1.165, 1.54) is 6.07 Å². The molecule has 4 rings (SSSR count). The summed E-state index contributed by atoms with van der Waals surface area (Å²) in [4.78, 5) is 18.0. The van der Waals surface area contributed by atoms with Crippen molar-refractivity contribution in [2.75, 3.05) is 26.7 Å². The van der Waals surface area contributed by atoms with E-state index in [0.717, 1.165) is 55.0 Å². The molecule has 0 unspecified atom stereocenters. The highest BCUT2D eigenvalue weighted by Gasteiger charge is 2.30. The van der Waals surface area contributed by atoms with Gasteiger partial charge in [-0.05, 0) is 105 Å². The minimum atomic E-state index is -0.821. The maximum Gasteiger partial charge on any atom is 0.303 e. The van der Waals surface area contributed by atoms with Crippen LogP contribution in [0.3, 0.4) is 0 Å². The summed E-state index contributed by atoms with van der Waals surface area (Å²) in [5, 5.41) is 21.3. The fourth-order valence-electron chi connectivity index (χ4n) is 5.70. The number of carbonyl (C=O) groups is 1. The predicted molar refractivity (Wildman–Crippen MR) is 142 cm³/mol. The number of aryl methyl sites for hydroxylation is 1. The number of carboxylic acid groups (broad SMARTS) is 1. The van der Waals surface area contributed by atoms with Crippen molar-refractivity contribution in [2.45, 2.75) is 51.0 Å². The zero-order chi connectivity index (χ0) is 27.1. The molecule has 8 heteroatoms. The van der Waals surface area contributed by atoms with Crippen molar-refractivity contribution in [1.29, 1.82) is 0 Å². The number of nitrogens with zero attached hydrogens (tertiary/aromatic N) is 2. The first-order chi connectivity index (χ1) is 18.4. The quantitative estimate of drug-likeness (QED) is 0.312. The van der Waals surface area contributed by atoms with Crippen LogP contribution < -0.4 is 4.74 Å².